The molecule has 86 valence electrons. The Hall–Kier alpha value is -2.42. The first kappa shape index (κ1) is 9.59. The second-order valence-corrected chi connectivity index (χ2v) is 4.45. The molecule has 0 atom stereocenters. The van der Waals surface area contributed by atoms with Crippen LogP contribution < -0.4 is 0 Å². The van der Waals surface area contributed by atoms with E-state index in [1.807, 2.05) is 36.4 Å². The van der Waals surface area contributed by atoms with Gasteiger partial charge in [-0.25, -0.2) is 0 Å². The van der Waals surface area contributed by atoms with Gasteiger partial charge in [0.2, 0.25) is 5.91 Å². The second-order valence-electron chi connectivity index (χ2n) is 4.45. The molecule has 0 saturated heterocycles. The van der Waals surface area contributed by atoms with Crippen LogP contribution in [-0.4, -0.2) is 15.5 Å². The molecule has 3 heteroatoms. The molecule has 0 bridgehead atoms. The summed E-state index contributed by atoms with van der Waals surface area (Å²) in [5.41, 5.74) is 2.77. The maximum absolute atomic E-state index is 12.3. The number of rotatable bonds is 0. The van der Waals surface area contributed by atoms with Crippen LogP contribution in [0.1, 0.15) is 16.9 Å². The van der Waals surface area contributed by atoms with E-state index in [1.165, 1.54) is 0 Å². The Labute approximate surface area is 103 Å². The van der Waals surface area contributed by atoms with Gasteiger partial charge in [-0.05, 0) is 18.2 Å². The van der Waals surface area contributed by atoms with Gasteiger partial charge in [0, 0.05) is 23.4 Å². The lowest BCUT2D eigenvalue weighted by Crippen LogP contribution is -2.08. The van der Waals surface area contributed by atoms with Crippen LogP contribution in [0, 0.1) is 0 Å². The number of allylic oxidation sites excluding steroid dienone is 1. The first-order chi connectivity index (χ1) is 8.86. The summed E-state index contributed by atoms with van der Waals surface area (Å²) in [7, 11) is 0. The lowest BCUT2D eigenvalue weighted by molar-refractivity contribution is 0.0928. The second kappa shape index (κ2) is 3.29. The molecule has 0 spiro atoms. The monoisotopic (exact) mass is 234 g/mol. The number of carbonyl (C=O) groups is 1. The van der Waals surface area contributed by atoms with Crippen LogP contribution in [0.5, 0.6) is 0 Å². The predicted molar refractivity (Wildman–Crippen MR) is 71.5 cm³/mol. The minimum atomic E-state index is 0.101. The molecule has 0 radical (unpaired) electrons. The highest BCUT2D eigenvalue weighted by Gasteiger charge is 2.19. The third kappa shape index (κ3) is 1.08. The molecule has 3 heterocycles. The summed E-state index contributed by atoms with van der Waals surface area (Å²) >= 11 is 0. The number of para-hydroxylation sites is 1. The Bertz CT molecular complexity index is 827. The van der Waals surface area contributed by atoms with E-state index in [0.29, 0.717) is 6.42 Å². The SMILES string of the molecule is O=C1CC=Cc2nccc3c4ccccc4n1c23. The fourth-order valence-electron chi connectivity index (χ4n) is 2.68. The summed E-state index contributed by atoms with van der Waals surface area (Å²) in [6.45, 7) is 0. The summed E-state index contributed by atoms with van der Waals surface area (Å²) in [4.78, 5) is 16.6. The molecule has 2 aromatic heterocycles. The number of hydrogen-bond donors (Lipinski definition) is 0. The third-order valence-corrected chi connectivity index (χ3v) is 3.43. The summed E-state index contributed by atoms with van der Waals surface area (Å²) in [6.07, 6.45) is 6.03. The predicted octanol–water partition coefficient (Wildman–Crippen LogP) is 3.25. The molecule has 18 heavy (non-hydrogen) atoms. The van der Waals surface area contributed by atoms with Gasteiger partial charge in [0.1, 0.15) is 0 Å². The smallest absolute Gasteiger partial charge is 0.235 e. The number of aromatic nitrogens is 2. The summed E-state index contributed by atoms with van der Waals surface area (Å²) in [6, 6.07) is 9.98. The topological polar surface area (TPSA) is 34.9 Å². The first-order valence-electron chi connectivity index (χ1n) is 5.94. The number of pyridine rings is 1. The molecule has 1 aromatic carbocycles. The summed E-state index contributed by atoms with van der Waals surface area (Å²) in [5.74, 6) is 0.101. The van der Waals surface area contributed by atoms with Crippen molar-refractivity contribution in [3.63, 3.8) is 0 Å². The molecular weight excluding hydrogens is 224 g/mol. The summed E-state index contributed by atoms with van der Waals surface area (Å²) in [5, 5.41) is 2.20. The molecule has 1 aliphatic heterocycles. The molecule has 4 rings (SSSR count). The number of fused-ring (bicyclic) bond motifs is 3. The molecule has 0 aliphatic carbocycles. The van der Waals surface area contributed by atoms with Crippen molar-refractivity contribution in [2.45, 2.75) is 6.42 Å². The zero-order chi connectivity index (χ0) is 12.1. The molecule has 3 aromatic rings. The van der Waals surface area contributed by atoms with Crippen LogP contribution >= 0.6 is 0 Å². The molecule has 0 amide bonds. The number of carbonyl (C=O) groups excluding carboxylic acids is 1. The molecule has 0 saturated carbocycles. The van der Waals surface area contributed by atoms with Crippen molar-refractivity contribution >= 4 is 33.8 Å². The molecule has 0 N–H and O–H groups in total. The third-order valence-electron chi connectivity index (χ3n) is 3.43. The van der Waals surface area contributed by atoms with E-state index in [9.17, 15) is 4.79 Å². The van der Waals surface area contributed by atoms with Gasteiger partial charge < -0.3 is 0 Å². The molecular formula is C15H10N2O. The molecule has 0 fully saturated rings. The van der Waals surface area contributed by atoms with Crippen molar-refractivity contribution in [2.75, 3.05) is 0 Å². The Morgan fingerprint density at radius 1 is 1.11 bits per heavy atom. The minimum absolute atomic E-state index is 0.101. The van der Waals surface area contributed by atoms with Crippen molar-refractivity contribution in [1.29, 1.82) is 0 Å². The van der Waals surface area contributed by atoms with Gasteiger partial charge in [-0.2, -0.15) is 0 Å². The Morgan fingerprint density at radius 3 is 2.94 bits per heavy atom. The normalized spacial score (nSPS) is 14.3. The van der Waals surface area contributed by atoms with Crippen LogP contribution in [0.3, 0.4) is 0 Å². The minimum Gasteiger partial charge on any atom is -0.277 e. The van der Waals surface area contributed by atoms with Crippen LogP contribution in [-0.2, 0) is 0 Å². The van der Waals surface area contributed by atoms with Crippen LogP contribution in [0.2, 0.25) is 0 Å². The quantitative estimate of drug-likeness (QED) is 0.598. The van der Waals surface area contributed by atoms with Gasteiger partial charge in [0.15, 0.2) is 0 Å². The van der Waals surface area contributed by atoms with Gasteiger partial charge in [-0.3, -0.25) is 14.3 Å². The first-order valence-corrected chi connectivity index (χ1v) is 5.94. The van der Waals surface area contributed by atoms with Gasteiger partial charge in [-0.15, -0.1) is 0 Å². The summed E-state index contributed by atoms with van der Waals surface area (Å²) < 4.78 is 1.80. The van der Waals surface area contributed by atoms with Gasteiger partial charge >= 0.3 is 0 Å². The van der Waals surface area contributed by atoms with Gasteiger partial charge in [0.05, 0.1) is 16.7 Å². The number of hydrogen-bond acceptors (Lipinski definition) is 2. The van der Waals surface area contributed by atoms with Crippen molar-refractivity contribution < 1.29 is 4.79 Å². The van der Waals surface area contributed by atoms with E-state index in [2.05, 4.69) is 11.1 Å². The standard InChI is InChI=1S/C15H10N2O/c18-14-7-3-5-12-15-11(8-9-16-12)10-4-1-2-6-13(10)17(14)15/h1-6,8-9H,7H2. The highest BCUT2D eigenvalue weighted by Crippen LogP contribution is 2.32. The van der Waals surface area contributed by atoms with Crippen molar-refractivity contribution in [3.05, 3.63) is 48.3 Å². The average Bonchev–Trinajstić information content (AvgIpc) is 2.64. The molecule has 0 unspecified atom stereocenters. The highest BCUT2D eigenvalue weighted by atomic mass is 16.2. The Morgan fingerprint density at radius 2 is 2.00 bits per heavy atom. The van der Waals surface area contributed by atoms with Crippen molar-refractivity contribution in [2.24, 2.45) is 0 Å². The zero-order valence-electron chi connectivity index (χ0n) is 9.63. The van der Waals surface area contributed by atoms with Crippen LogP contribution in [0.25, 0.3) is 27.9 Å². The van der Waals surface area contributed by atoms with Gasteiger partial charge in [-0.1, -0.05) is 24.3 Å². The Balaban J connectivity index is 2.37. The zero-order valence-corrected chi connectivity index (χ0v) is 9.63. The lowest BCUT2D eigenvalue weighted by atomic mass is 10.1. The highest BCUT2D eigenvalue weighted by molar-refractivity contribution is 6.15. The largest absolute Gasteiger partial charge is 0.277 e. The van der Waals surface area contributed by atoms with Crippen LogP contribution in [0.15, 0.2) is 42.6 Å². The van der Waals surface area contributed by atoms with E-state index in [1.54, 1.807) is 10.8 Å². The molecule has 3 nitrogen and oxygen atoms in total. The van der Waals surface area contributed by atoms with Crippen LogP contribution in [0.4, 0.5) is 0 Å². The fraction of sp³-hybridized carbons (Fsp3) is 0.0667. The van der Waals surface area contributed by atoms with E-state index in [4.69, 9.17) is 0 Å². The van der Waals surface area contributed by atoms with E-state index in [-0.39, 0.29) is 5.91 Å². The van der Waals surface area contributed by atoms with E-state index >= 15 is 0 Å². The maximum Gasteiger partial charge on any atom is 0.235 e. The Kier molecular flexibility index (Phi) is 1.75. The fourth-order valence-corrected chi connectivity index (χ4v) is 2.68. The van der Waals surface area contributed by atoms with Gasteiger partial charge in [0.25, 0.3) is 0 Å². The number of benzene rings is 1. The van der Waals surface area contributed by atoms with E-state index in [0.717, 1.165) is 27.5 Å². The van der Waals surface area contributed by atoms with Crippen molar-refractivity contribution in [3.8, 4) is 0 Å². The van der Waals surface area contributed by atoms with Crippen molar-refractivity contribution in [1.82, 2.24) is 9.55 Å². The molecule has 1 aliphatic rings. The average molecular weight is 234 g/mol. The number of nitrogens with zero attached hydrogens (tertiary/aromatic N) is 2. The van der Waals surface area contributed by atoms with E-state index < -0.39 is 0 Å². The maximum atomic E-state index is 12.3. The lowest BCUT2D eigenvalue weighted by Gasteiger charge is -2.02.